The van der Waals surface area contributed by atoms with Crippen LogP contribution in [0.2, 0.25) is 5.02 Å². The second-order valence-corrected chi connectivity index (χ2v) is 14.1. The molecule has 7 rings (SSSR count). The number of benzene rings is 4. The van der Waals surface area contributed by atoms with Crippen molar-refractivity contribution < 1.29 is 28.2 Å². The van der Waals surface area contributed by atoms with E-state index in [0.29, 0.717) is 36.3 Å². The fraction of sp³-hybridized carbons (Fsp3) is 0.385. The number of rotatable bonds is 9. The summed E-state index contributed by atoms with van der Waals surface area (Å²) in [6.07, 6.45) is 5.14. The monoisotopic (exact) mass is 687 g/mol. The zero-order valence-corrected chi connectivity index (χ0v) is 27.8. The Morgan fingerprint density at radius 3 is 2.10 bits per heavy atom. The van der Waals surface area contributed by atoms with Crippen molar-refractivity contribution in [2.45, 2.75) is 93.7 Å². The SMILES string of the molecule is NC1CC2CCC(C1)N2C(=O)[C@H](NC(=O)C(O)c1ccc2cc(OC3CCCC3)ccc2c1)C(F)(F)c1ccc(-c2ccc(Cl)cc2)cc1. The minimum atomic E-state index is -3.80. The lowest BCUT2D eigenvalue weighted by molar-refractivity contribution is -0.155. The normalized spacial score (nSPS) is 22.2. The summed E-state index contributed by atoms with van der Waals surface area (Å²) in [7, 11) is 0. The van der Waals surface area contributed by atoms with E-state index >= 15 is 8.78 Å². The van der Waals surface area contributed by atoms with Gasteiger partial charge < -0.3 is 25.8 Å². The number of alkyl halides is 2. The van der Waals surface area contributed by atoms with Crippen molar-refractivity contribution >= 4 is 34.2 Å². The Morgan fingerprint density at radius 1 is 0.857 bits per heavy atom. The summed E-state index contributed by atoms with van der Waals surface area (Å²) in [5.41, 5.74) is 7.48. The highest BCUT2D eigenvalue weighted by molar-refractivity contribution is 6.30. The van der Waals surface area contributed by atoms with E-state index in [9.17, 15) is 14.7 Å². The predicted molar refractivity (Wildman–Crippen MR) is 185 cm³/mol. The van der Waals surface area contributed by atoms with Crippen molar-refractivity contribution in [3.63, 3.8) is 0 Å². The molecule has 0 spiro atoms. The highest BCUT2D eigenvalue weighted by Crippen LogP contribution is 2.40. The standard InChI is InChI=1S/C39H40ClF2N3O4/c40-29-14-9-24(10-15-29)23-7-12-28(13-8-23)39(41,42)36(38(48)45-31-16-17-32(45)22-30(43)21-31)44-37(47)35(46)27-6-5-26-20-34(18-11-25(26)19-27)49-33-3-1-2-4-33/h5-15,18-20,30-33,35-36,46H,1-4,16-17,21-22,43H2,(H,44,47)/t30?,31?,32?,35?,36-/m0/s1. The molecular weight excluding hydrogens is 648 g/mol. The third kappa shape index (κ3) is 6.89. The first-order valence-corrected chi connectivity index (χ1v) is 17.5. The Labute approximate surface area is 289 Å². The zero-order chi connectivity index (χ0) is 34.3. The Morgan fingerprint density at radius 2 is 1.45 bits per heavy atom. The molecule has 4 atom stereocenters. The number of nitrogens with one attached hydrogen (secondary N) is 1. The lowest BCUT2D eigenvalue weighted by Crippen LogP contribution is -2.61. The van der Waals surface area contributed by atoms with Crippen molar-refractivity contribution in [3.05, 3.63) is 101 Å². The van der Waals surface area contributed by atoms with Gasteiger partial charge in [-0.3, -0.25) is 9.59 Å². The summed E-state index contributed by atoms with van der Waals surface area (Å²) in [6, 6.07) is 20.3. The molecule has 49 heavy (non-hydrogen) atoms. The van der Waals surface area contributed by atoms with Gasteiger partial charge in [-0.1, -0.05) is 66.2 Å². The predicted octanol–water partition coefficient (Wildman–Crippen LogP) is 7.27. The molecule has 2 amide bonds. The van der Waals surface area contributed by atoms with Gasteiger partial charge in [-0.25, -0.2) is 0 Å². The first-order chi connectivity index (χ1) is 23.6. The summed E-state index contributed by atoms with van der Waals surface area (Å²) in [5.74, 6) is -5.01. The van der Waals surface area contributed by atoms with E-state index < -0.39 is 35.4 Å². The number of carbonyl (C=O) groups is 2. The zero-order valence-electron chi connectivity index (χ0n) is 27.0. The quantitative estimate of drug-likeness (QED) is 0.172. The van der Waals surface area contributed by atoms with Crippen LogP contribution in [0.5, 0.6) is 5.75 Å². The second kappa shape index (κ2) is 13.7. The molecule has 256 valence electrons. The van der Waals surface area contributed by atoms with Crippen LogP contribution in [0.4, 0.5) is 8.78 Å². The number of piperidine rings is 1. The number of aliphatic hydroxyl groups is 1. The molecule has 10 heteroatoms. The lowest BCUT2D eigenvalue weighted by atomic mass is 9.93. The summed E-state index contributed by atoms with van der Waals surface area (Å²) >= 11 is 6.01. The minimum Gasteiger partial charge on any atom is -0.490 e. The van der Waals surface area contributed by atoms with Gasteiger partial charge in [-0.2, -0.15) is 8.78 Å². The number of amides is 2. The Kier molecular flexibility index (Phi) is 9.35. The number of carbonyl (C=O) groups excluding carboxylic acids is 2. The molecule has 0 aromatic heterocycles. The van der Waals surface area contributed by atoms with E-state index in [1.807, 2.05) is 18.2 Å². The molecule has 3 fully saturated rings. The van der Waals surface area contributed by atoms with E-state index in [1.165, 1.54) is 17.0 Å². The Hall–Kier alpha value is -4.05. The van der Waals surface area contributed by atoms with Crippen molar-refractivity contribution in [2.24, 2.45) is 5.73 Å². The van der Waals surface area contributed by atoms with E-state index in [4.69, 9.17) is 22.1 Å². The van der Waals surface area contributed by atoms with Crippen molar-refractivity contribution in [1.29, 1.82) is 0 Å². The number of halogens is 3. The lowest BCUT2D eigenvalue weighted by Gasteiger charge is -2.41. The van der Waals surface area contributed by atoms with Crippen LogP contribution in [-0.4, -0.2) is 52.1 Å². The van der Waals surface area contributed by atoms with Crippen LogP contribution in [0.15, 0.2) is 84.9 Å². The number of nitrogens with two attached hydrogens (primary N) is 1. The first-order valence-electron chi connectivity index (χ1n) is 17.1. The van der Waals surface area contributed by atoms with Gasteiger partial charge in [-0.15, -0.1) is 0 Å². The van der Waals surface area contributed by atoms with Gasteiger partial charge in [0.1, 0.15) is 5.75 Å². The number of hydrogen-bond acceptors (Lipinski definition) is 5. The van der Waals surface area contributed by atoms with Gasteiger partial charge >= 0.3 is 5.92 Å². The average Bonchev–Trinajstić information content (AvgIpc) is 3.71. The number of fused-ring (bicyclic) bond motifs is 3. The van der Waals surface area contributed by atoms with E-state index in [0.717, 1.165) is 47.8 Å². The van der Waals surface area contributed by atoms with Gasteiger partial charge in [0, 0.05) is 28.7 Å². The molecule has 2 bridgehead atoms. The van der Waals surface area contributed by atoms with Gasteiger partial charge in [0.15, 0.2) is 12.1 Å². The highest BCUT2D eigenvalue weighted by atomic mass is 35.5. The molecule has 2 heterocycles. The van der Waals surface area contributed by atoms with Crippen molar-refractivity contribution in [1.82, 2.24) is 10.2 Å². The molecule has 4 aromatic carbocycles. The van der Waals surface area contributed by atoms with Gasteiger partial charge in [0.2, 0.25) is 0 Å². The van der Waals surface area contributed by atoms with E-state index in [-0.39, 0.29) is 29.8 Å². The molecule has 7 nitrogen and oxygen atoms in total. The molecule has 3 aliphatic rings. The Bertz CT molecular complexity index is 1820. The molecule has 2 aliphatic heterocycles. The second-order valence-electron chi connectivity index (χ2n) is 13.7. The fourth-order valence-corrected chi connectivity index (χ4v) is 7.91. The van der Waals surface area contributed by atoms with Gasteiger partial charge in [0.05, 0.1) is 6.10 Å². The first kappa shape index (κ1) is 33.4. The number of hydrogen-bond donors (Lipinski definition) is 3. The minimum absolute atomic E-state index is 0.115. The van der Waals surface area contributed by atoms with Crippen LogP contribution in [0, 0.1) is 0 Å². The highest BCUT2D eigenvalue weighted by Gasteiger charge is 2.53. The van der Waals surface area contributed by atoms with Crippen LogP contribution in [0.3, 0.4) is 0 Å². The molecule has 4 aromatic rings. The third-order valence-corrected chi connectivity index (χ3v) is 10.6. The molecule has 4 N–H and O–H groups in total. The van der Waals surface area contributed by atoms with Crippen LogP contribution in [0.1, 0.15) is 68.6 Å². The molecule has 1 saturated carbocycles. The largest absolute Gasteiger partial charge is 0.490 e. The maximum Gasteiger partial charge on any atom is 0.302 e. The number of ether oxygens (including phenoxy) is 1. The smallest absolute Gasteiger partial charge is 0.302 e. The fourth-order valence-electron chi connectivity index (χ4n) is 7.79. The summed E-state index contributed by atoms with van der Waals surface area (Å²) < 4.78 is 39.3. The van der Waals surface area contributed by atoms with Crippen LogP contribution < -0.4 is 15.8 Å². The number of nitrogens with zero attached hydrogens (tertiary/aromatic N) is 1. The summed E-state index contributed by atoms with van der Waals surface area (Å²) in [5, 5.41) is 15.6. The van der Waals surface area contributed by atoms with Crippen LogP contribution in [-0.2, 0) is 15.5 Å². The topological polar surface area (TPSA) is 105 Å². The van der Waals surface area contributed by atoms with E-state index in [2.05, 4.69) is 5.32 Å². The Balaban J connectivity index is 1.14. The van der Waals surface area contributed by atoms with Crippen molar-refractivity contribution in [2.75, 3.05) is 0 Å². The molecule has 0 radical (unpaired) electrons. The third-order valence-electron chi connectivity index (χ3n) is 10.4. The van der Waals surface area contributed by atoms with Gasteiger partial charge in [-0.05, 0) is 109 Å². The van der Waals surface area contributed by atoms with Crippen LogP contribution in [0.25, 0.3) is 21.9 Å². The van der Waals surface area contributed by atoms with E-state index in [1.54, 1.807) is 54.6 Å². The number of aliphatic hydroxyl groups excluding tert-OH is 1. The average molecular weight is 688 g/mol. The molecule has 1 aliphatic carbocycles. The molecular formula is C39H40ClF2N3O4. The van der Waals surface area contributed by atoms with Gasteiger partial charge in [0.25, 0.3) is 11.8 Å². The maximum absolute atomic E-state index is 16.6. The molecule has 2 saturated heterocycles. The van der Waals surface area contributed by atoms with Crippen molar-refractivity contribution in [3.8, 4) is 16.9 Å². The maximum atomic E-state index is 16.6. The molecule has 3 unspecified atom stereocenters. The van der Waals surface area contributed by atoms with Crippen LogP contribution >= 0.6 is 11.6 Å². The summed E-state index contributed by atoms with van der Waals surface area (Å²) in [6.45, 7) is 0. The summed E-state index contributed by atoms with van der Waals surface area (Å²) in [4.78, 5) is 29.2.